The Kier molecular flexibility index (Phi) is 2.73. The molecule has 1 N–H and O–H groups in total. The number of nitrogens with zero attached hydrogens (tertiary/aromatic N) is 6. The molecule has 1 amide bonds. The summed E-state index contributed by atoms with van der Waals surface area (Å²) in [5.41, 5.74) is 0.586. The molecule has 0 aliphatic heterocycles. The lowest BCUT2D eigenvalue weighted by Gasteiger charge is -2.05. The molecule has 8 nitrogen and oxygen atoms in total. The summed E-state index contributed by atoms with van der Waals surface area (Å²) in [6.07, 6.45) is 9.04. The molecular formula is C11H9N7O. The summed E-state index contributed by atoms with van der Waals surface area (Å²) in [7, 11) is 0. The minimum atomic E-state index is -0.298. The van der Waals surface area contributed by atoms with Gasteiger partial charge in [-0.25, -0.2) is 24.4 Å². The van der Waals surface area contributed by atoms with Crippen LogP contribution in [0.25, 0.3) is 5.82 Å². The second-order valence-corrected chi connectivity index (χ2v) is 3.65. The summed E-state index contributed by atoms with van der Waals surface area (Å²) in [6, 6.07) is 3.17. The van der Waals surface area contributed by atoms with Gasteiger partial charge >= 0.3 is 6.03 Å². The number of aromatic nitrogens is 6. The van der Waals surface area contributed by atoms with Crippen LogP contribution in [0.15, 0.2) is 49.7 Å². The van der Waals surface area contributed by atoms with Crippen molar-refractivity contribution in [3.8, 4) is 5.82 Å². The molecule has 0 bridgehead atoms. The Hall–Kier alpha value is -3.03. The lowest BCUT2D eigenvalue weighted by molar-refractivity contribution is 0.253. The Morgan fingerprint density at radius 1 is 1.21 bits per heavy atom. The molecule has 0 saturated heterocycles. The van der Waals surface area contributed by atoms with E-state index in [0.717, 1.165) is 0 Å². The predicted octanol–water partition coefficient (Wildman–Crippen LogP) is 0.939. The van der Waals surface area contributed by atoms with E-state index in [-0.39, 0.29) is 6.03 Å². The first-order valence-corrected chi connectivity index (χ1v) is 5.43. The fourth-order valence-corrected chi connectivity index (χ4v) is 1.49. The smallest absolute Gasteiger partial charge is 0.306 e. The van der Waals surface area contributed by atoms with E-state index < -0.39 is 0 Å². The van der Waals surface area contributed by atoms with Crippen molar-refractivity contribution >= 4 is 11.7 Å². The second-order valence-electron chi connectivity index (χ2n) is 3.65. The molecule has 0 spiro atoms. The molecule has 3 rings (SSSR count). The van der Waals surface area contributed by atoms with Gasteiger partial charge in [0.15, 0.2) is 5.82 Å². The number of hydrogen-bond acceptors (Lipinski definition) is 5. The van der Waals surface area contributed by atoms with Gasteiger partial charge in [-0.1, -0.05) is 0 Å². The largest absolute Gasteiger partial charge is 0.331 e. The van der Waals surface area contributed by atoms with Crippen molar-refractivity contribution in [2.45, 2.75) is 0 Å². The number of carbonyl (C=O) groups is 1. The standard InChI is InChI=1S/C11H9N7O/c19-11(17-4-3-12-7-17)16-9-1-2-10(14-5-9)18-8-13-6-15-18/h1-8H,(H,16,19). The van der Waals surface area contributed by atoms with Crippen molar-refractivity contribution in [3.05, 3.63) is 49.7 Å². The van der Waals surface area contributed by atoms with Crippen LogP contribution in [0, 0.1) is 0 Å². The maximum absolute atomic E-state index is 11.7. The maximum atomic E-state index is 11.7. The number of amides is 1. The number of anilines is 1. The van der Waals surface area contributed by atoms with Gasteiger partial charge in [0.2, 0.25) is 0 Å². The molecule has 0 atom stereocenters. The van der Waals surface area contributed by atoms with Crippen molar-refractivity contribution in [2.75, 3.05) is 5.32 Å². The fraction of sp³-hybridized carbons (Fsp3) is 0. The average molecular weight is 255 g/mol. The number of carbonyl (C=O) groups excluding carboxylic acids is 1. The summed E-state index contributed by atoms with van der Waals surface area (Å²) in [6.45, 7) is 0. The molecule has 0 aliphatic carbocycles. The average Bonchev–Trinajstić information content (AvgIpc) is 3.13. The number of nitrogens with one attached hydrogen (secondary N) is 1. The van der Waals surface area contributed by atoms with E-state index in [0.29, 0.717) is 11.5 Å². The van der Waals surface area contributed by atoms with Gasteiger partial charge in [0.1, 0.15) is 19.0 Å². The quantitative estimate of drug-likeness (QED) is 0.735. The highest BCUT2D eigenvalue weighted by atomic mass is 16.2. The van der Waals surface area contributed by atoms with Crippen LogP contribution in [-0.4, -0.2) is 35.3 Å². The van der Waals surface area contributed by atoms with Crippen LogP contribution >= 0.6 is 0 Å². The summed E-state index contributed by atoms with van der Waals surface area (Å²) in [5.74, 6) is 0.623. The van der Waals surface area contributed by atoms with Crippen molar-refractivity contribution in [3.63, 3.8) is 0 Å². The molecular weight excluding hydrogens is 246 g/mol. The SMILES string of the molecule is O=C(Nc1ccc(-n2cncn2)nc1)n1ccnc1. The zero-order valence-corrected chi connectivity index (χ0v) is 9.71. The first kappa shape index (κ1) is 11.1. The highest BCUT2D eigenvalue weighted by molar-refractivity contribution is 5.90. The first-order valence-electron chi connectivity index (χ1n) is 5.43. The van der Waals surface area contributed by atoms with Gasteiger partial charge in [0.05, 0.1) is 11.9 Å². The van der Waals surface area contributed by atoms with Crippen LogP contribution in [0.3, 0.4) is 0 Å². The Balaban J connectivity index is 1.75. The second kappa shape index (κ2) is 4.69. The lowest BCUT2D eigenvalue weighted by atomic mass is 10.4. The third-order valence-electron chi connectivity index (χ3n) is 2.39. The van der Waals surface area contributed by atoms with Crippen molar-refractivity contribution in [2.24, 2.45) is 0 Å². The molecule has 19 heavy (non-hydrogen) atoms. The monoisotopic (exact) mass is 255 g/mol. The Morgan fingerprint density at radius 3 is 2.79 bits per heavy atom. The number of imidazole rings is 1. The molecule has 3 aromatic rings. The first-order chi connectivity index (χ1) is 9.33. The van der Waals surface area contributed by atoms with Crippen LogP contribution in [0.2, 0.25) is 0 Å². The molecule has 8 heteroatoms. The van der Waals surface area contributed by atoms with Gasteiger partial charge in [0.25, 0.3) is 0 Å². The fourth-order valence-electron chi connectivity index (χ4n) is 1.49. The molecule has 0 saturated carbocycles. The molecule has 0 aromatic carbocycles. The van der Waals surface area contributed by atoms with Gasteiger partial charge in [0, 0.05) is 12.4 Å². The van der Waals surface area contributed by atoms with E-state index in [1.54, 1.807) is 30.9 Å². The van der Waals surface area contributed by atoms with Gasteiger partial charge in [-0.2, -0.15) is 5.10 Å². The van der Waals surface area contributed by atoms with E-state index in [2.05, 4.69) is 25.4 Å². The molecule has 3 heterocycles. The summed E-state index contributed by atoms with van der Waals surface area (Å²) in [5, 5.41) is 6.65. The zero-order valence-electron chi connectivity index (χ0n) is 9.71. The van der Waals surface area contributed by atoms with Gasteiger partial charge < -0.3 is 5.32 Å². The molecule has 0 aliphatic rings. The van der Waals surface area contributed by atoms with Crippen LogP contribution in [0.4, 0.5) is 10.5 Å². The van der Waals surface area contributed by atoms with Crippen molar-refractivity contribution in [1.82, 2.24) is 29.3 Å². The minimum absolute atomic E-state index is 0.298. The van der Waals surface area contributed by atoms with Gasteiger partial charge in [-0.05, 0) is 12.1 Å². The van der Waals surface area contributed by atoms with Crippen LogP contribution < -0.4 is 5.32 Å². The van der Waals surface area contributed by atoms with E-state index >= 15 is 0 Å². The summed E-state index contributed by atoms with van der Waals surface area (Å²) < 4.78 is 2.87. The van der Waals surface area contributed by atoms with E-state index in [9.17, 15) is 4.79 Å². The van der Waals surface area contributed by atoms with Crippen LogP contribution in [0.5, 0.6) is 0 Å². The van der Waals surface area contributed by atoms with Gasteiger partial charge in [-0.3, -0.25) is 4.57 Å². The molecule has 94 valence electrons. The lowest BCUT2D eigenvalue weighted by Crippen LogP contribution is -2.17. The highest BCUT2D eigenvalue weighted by Gasteiger charge is 2.05. The predicted molar refractivity (Wildman–Crippen MR) is 65.8 cm³/mol. The number of pyridine rings is 1. The highest BCUT2D eigenvalue weighted by Crippen LogP contribution is 2.09. The van der Waals surface area contributed by atoms with E-state index in [1.165, 1.54) is 28.1 Å². The topological polar surface area (TPSA) is 90.5 Å². The molecule has 0 fully saturated rings. The van der Waals surface area contributed by atoms with E-state index in [4.69, 9.17) is 0 Å². The third kappa shape index (κ3) is 2.32. The number of hydrogen-bond donors (Lipinski definition) is 1. The van der Waals surface area contributed by atoms with Gasteiger partial charge in [-0.15, -0.1) is 0 Å². The molecule has 0 unspecified atom stereocenters. The van der Waals surface area contributed by atoms with Crippen molar-refractivity contribution < 1.29 is 4.79 Å². The Bertz CT molecular complexity index is 658. The zero-order chi connectivity index (χ0) is 13.1. The number of rotatable bonds is 2. The maximum Gasteiger partial charge on any atom is 0.331 e. The van der Waals surface area contributed by atoms with Crippen LogP contribution in [0.1, 0.15) is 0 Å². The minimum Gasteiger partial charge on any atom is -0.306 e. The summed E-state index contributed by atoms with van der Waals surface area (Å²) >= 11 is 0. The molecule has 3 aromatic heterocycles. The normalized spacial score (nSPS) is 10.3. The summed E-state index contributed by atoms with van der Waals surface area (Å²) in [4.78, 5) is 23.6. The van der Waals surface area contributed by atoms with Crippen molar-refractivity contribution in [1.29, 1.82) is 0 Å². The van der Waals surface area contributed by atoms with Crippen LogP contribution in [-0.2, 0) is 0 Å². The third-order valence-corrected chi connectivity index (χ3v) is 2.39. The Morgan fingerprint density at radius 2 is 2.16 bits per heavy atom. The molecule has 0 radical (unpaired) electrons. The van der Waals surface area contributed by atoms with E-state index in [1.807, 2.05) is 0 Å². The Labute approximate surface area is 107 Å².